The lowest BCUT2D eigenvalue weighted by molar-refractivity contribution is 0.0600. The molecule has 0 radical (unpaired) electrons. The average Bonchev–Trinajstić information content (AvgIpc) is 2.83. The SMILES string of the molecule is COC(=O)c1cccc(-c2ccc(C=O)cc2OCCCCOCc2ccccc2)c1. The van der Waals surface area contributed by atoms with Crippen molar-refractivity contribution < 1.29 is 23.8 Å². The Morgan fingerprint density at radius 1 is 0.903 bits per heavy atom. The highest BCUT2D eigenvalue weighted by Crippen LogP contribution is 2.31. The van der Waals surface area contributed by atoms with E-state index in [1.54, 1.807) is 30.3 Å². The number of unbranched alkanes of at least 4 members (excludes halogenated alkanes) is 1. The largest absolute Gasteiger partial charge is 0.493 e. The van der Waals surface area contributed by atoms with Crippen LogP contribution in [0.2, 0.25) is 0 Å². The molecule has 5 nitrogen and oxygen atoms in total. The first-order chi connectivity index (χ1) is 15.2. The van der Waals surface area contributed by atoms with E-state index in [9.17, 15) is 9.59 Å². The molecule has 0 spiro atoms. The number of esters is 1. The van der Waals surface area contributed by atoms with E-state index in [1.807, 2.05) is 42.5 Å². The summed E-state index contributed by atoms with van der Waals surface area (Å²) < 4.78 is 16.5. The molecule has 0 aliphatic heterocycles. The van der Waals surface area contributed by atoms with E-state index in [-0.39, 0.29) is 0 Å². The number of carbonyl (C=O) groups excluding carboxylic acids is 2. The number of ether oxygens (including phenoxy) is 3. The average molecular weight is 418 g/mol. The quantitative estimate of drug-likeness (QED) is 0.239. The second kappa shape index (κ2) is 11.7. The van der Waals surface area contributed by atoms with Crippen LogP contribution in [-0.4, -0.2) is 32.6 Å². The van der Waals surface area contributed by atoms with E-state index in [1.165, 1.54) is 7.11 Å². The summed E-state index contributed by atoms with van der Waals surface area (Å²) >= 11 is 0. The normalized spacial score (nSPS) is 10.5. The molecule has 0 saturated carbocycles. The molecule has 0 fully saturated rings. The number of methoxy groups -OCH3 is 1. The first-order valence-electron chi connectivity index (χ1n) is 10.2. The maximum absolute atomic E-state index is 11.9. The Morgan fingerprint density at radius 3 is 2.48 bits per heavy atom. The fraction of sp³-hybridized carbons (Fsp3) is 0.231. The Balaban J connectivity index is 1.58. The molecule has 0 saturated heterocycles. The molecular formula is C26H26O5. The molecule has 31 heavy (non-hydrogen) atoms. The second-order valence-electron chi connectivity index (χ2n) is 7.04. The molecule has 3 aromatic rings. The fourth-order valence-corrected chi connectivity index (χ4v) is 3.15. The van der Waals surface area contributed by atoms with Crippen LogP contribution in [0.3, 0.4) is 0 Å². The molecule has 0 N–H and O–H groups in total. The Bertz CT molecular complexity index is 998. The molecule has 5 heteroatoms. The van der Waals surface area contributed by atoms with Crippen molar-refractivity contribution >= 4 is 12.3 Å². The minimum absolute atomic E-state index is 0.399. The van der Waals surface area contributed by atoms with Crippen LogP contribution in [0.5, 0.6) is 5.75 Å². The van der Waals surface area contributed by atoms with Gasteiger partial charge < -0.3 is 14.2 Å². The van der Waals surface area contributed by atoms with E-state index in [4.69, 9.17) is 14.2 Å². The topological polar surface area (TPSA) is 61.8 Å². The number of rotatable bonds is 11. The summed E-state index contributed by atoms with van der Waals surface area (Å²) in [5, 5.41) is 0. The van der Waals surface area contributed by atoms with Gasteiger partial charge in [0.15, 0.2) is 0 Å². The Labute approximate surface area is 182 Å². The van der Waals surface area contributed by atoms with Gasteiger partial charge in [0.1, 0.15) is 12.0 Å². The fourth-order valence-electron chi connectivity index (χ4n) is 3.15. The highest BCUT2D eigenvalue weighted by Gasteiger charge is 2.11. The molecule has 3 rings (SSSR count). The number of hydrogen-bond donors (Lipinski definition) is 0. The van der Waals surface area contributed by atoms with E-state index in [2.05, 4.69) is 0 Å². The van der Waals surface area contributed by atoms with Gasteiger partial charge in [-0.25, -0.2) is 4.79 Å². The molecule has 0 aliphatic carbocycles. The van der Waals surface area contributed by atoms with Gasteiger partial charge in [-0.15, -0.1) is 0 Å². The third-order valence-electron chi connectivity index (χ3n) is 4.79. The van der Waals surface area contributed by atoms with Gasteiger partial charge in [-0.1, -0.05) is 48.5 Å². The van der Waals surface area contributed by atoms with Crippen molar-refractivity contribution in [3.8, 4) is 16.9 Å². The van der Waals surface area contributed by atoms with E-state index >= 15 is 0 Å². The molecule has 0 bridgehead atoms. The first kappa shape index (κ1) is 22.2. The van der Waals surface area contributed by atoms with Crippen LogP contribution in [-0.2, 0) is 16.1 Å². The monoisotopic (exact) mass is 418 g/mol. The van der Waals surface area contributed by atoms with Crippen LogP contribution < -0.4 is 4.74 Å². The van der Waals surface area contributed by atoms with Gasteiger partial charge in [-0.05, 0) is 48.2 Å². The zero-order valence-corrected chi connectivity index (χ0v) is 17.6. The van der Waals surface area contributed by atoms with Crippen LogP contribution in [0.1, 0.15) is 39.1 Å². The lowest BCUT2D eigenvalue weighted by Gasteiger charge is -2.13. The lowest BCUT2D eigenvalue weighted by atomic mass is 10.0. The molecule has 0 aliphatic rings. The van der Waals surface area contributed by atoms with E-state index in [0.717, 1.165) is 35.8 Å². The van der Waals surface area contributed by atoms with E-state index < -0.39 is 5.97 Å². The summed E-state index contributed by atoms with van der Waals surface area (Å²) in [6, 6.07) is 22.5. The number of benzene rings is 3. The standard InChI is InChI=1S/C26H26O5/c1-29-26(28)23-11-7-10-22(17-23)24-13-12-21(18-27)16-25(24)31-15-6-5-14-30-19-20-8-3-2-4-9-20/h2-4,7-13,16-18H,5-6,14-15,19H2,1H3. The smallest absolute Gasteiger partial charge is 0.337 e. The van der Waals surface area contributed by atoms with Gasteiger partial charge in [-0.3, -0.25) is 4.79 Å². The Morgan fingerprint density at radius 2 is 1.71 bits per heavy atom. The van der Waals surface area contributed by atoms with Gasteiger partial charge in [0.25, 0.3) is 0 Å². The minimum Gasteiger partial charge on any atom is -0.493 e. The van der Waals surface area contributed by atoms with Gasteiger partial charge >= 0.3 is 5.97 Å². The predicted molar refractivity (Wildman–Crippen MR) is 119 cm³/mol. The lowest BCUT2D eigenvalue weighted by Crippen LogP contribution is -2.03. The third kappa shape index (κ3) is 6.52. The molecule has 0 heterocycles. The third-order valence-corrected chi connectivity index (χ3v) is 4.79. The maximum Gasteiger partial charge on any atom is 0.337 e. The molecular weight excluding hydrogens is 392 g/mol. The highest BCUT2D eigenvalue weighted by molar-refractivity contribution is 5.91. The zero-order chi connectivity index (χ0) is 21.9. The van der Waals surface area contributed by atoms with Crippen LogP contribution in [0.15, 0.2) is 72.8 Å². The van der Waals surface area contributed by atoms with Crippen molar-refractivity contribution in [2.24, 2.45) is 0 Å². The molecule has 0 aromatic heterocycles. The van der Waals surface area contributed by atoms with Crippen molar-refractivity contribution in [1.82, 2.24) is 0 Å². The summed E-state index contributed by atoms with van der Waals surface area (Å²) in [6.45, 7) is 1.76. The van der Waals surface area contributed by atoms with Crippen molar-refractivity contribution in [1.29, 1.82) is 0 Å². The van der Waals surface area contributed by atoms with Gasteiger partial charge in [-0.2, -0.15) is 0 Å². The van der Waals surface area contributed by atoms with Crippen molar-refractivity contribution in [3.63, 3.8) is 0 Å². The van der Waals surface area contributed by atoms with Gasteiger partial charge in [0, 0.05) is 17.7 Å². The maximum atomic E-state index is 11.9. The summed E-state index contributed by atoms with van der Waals surface area (Å²) in [4.78, 5) is 23.1. The van der Waals surface area contributed by atoms with Crippen molar-refractivity contribution in [2.45, 2.75) is 19.4 Å². The summed E-state index contributed by atoms with van der Waals surface area (Å²) in [7, 11) is 1.35. The second-order valence-corrected chi connectivity index (χ2v) is 7.04. The summed E-state index contributed by atoms with van der Waals surface area (Å²) in [5.74, 6) is 0.209. The zero-order valence-electron chi connectivity index (χ0n) is 17.6. The Hall–Kier alpha value is -3.44. The summed E-state index contributed by atoms with van der Waals surface area (Å²) in [6.07, 6.45) is 2.48. The Kier molecular flexibility index (Phi) is 8.38. The minimum atomic E-state index is -0.399. The number of carbonyl (C=O) groups is 2. The van der Waals surface area contributed by atoms with Crippen LogP contribution in [0.25, 0.3) is 11.1 Å². The first-order valence-corrected chi connectivity index (χ1v) is 10.2. The number of aldehydes is 1. The molecule has 160 valence electrons. The van der Waals surface area contributed by atoms with E-state index in [0.29, 0.717) is 36.7 Å². The van der Waals surface area contributed by atoms with Gasteiger partial charge in [0.05, 0.1) is 25.9 Å². The molecule has 0 unspecified atom stereocenters. The number of hydrogen-bond acceptors (Lipinski definition) is 5. The van der Waals surface area contributed by atoms with Crippen LogP contribution >= 0.6 is 0 Å². The highest BCUT2D eigenvalue weighted by atomic mass is 16.5. The predicted octanol–water partition coefficient (Wildman–Crippen LogP) is 5.33. The van der Waals surface area contributed by atoms with Crippen molar-refractivity contribution in [3.05, 3.63) is 89.5 Å². The van der Waals surface area contributed by atoms with Crippen LogP contribution in [0.4, 0.5) is 0 Å². The van der Waals surface area contributed by atoms with Crippen molar-refractivity contribution in [2.75, 3.05) is 20.3 Å². The molecule has 0 atom stereocenters. The molecule has 3 aromatic carbocycles. The van der Waals surface area contributed by atoms with Gasteiger partial charge in [0.2, 0.25) is 0 Å². The van der Waals surface area contributed by atoms with Crippen LogP contribution in [0, 0.1) is 0 Å². The molecule has 0 amide bonds. The summed E-state index contributed by atoms with van der Waals surface area (Å²) in [5.41, 5.74) is 3.79.